The Bertz CT molecular complexity index is 548. The lowest BCUT2D eigenvalue weighted by atomic mass is 10.1. The fourth-order valence-electron chi connectivity index (χ4n) is 1.62. The lowest BCUT2D eigenvalue weighted by Gasteiger charge is -2.10. The first kappa shape index (κ1) is 12.3. The second-order valence-corrected chi connectivity index (χ2v) is 4.10. The average Bonchev–Trinajstić information content (AvgIpc) is 2.78. The van der Waals surface area contributed by atoms with Crippen molar-refractivity contribution in [2.24, 2.45) is 0 Å². The Morgan fingerprint density at radius 3 is 2.67 bits per heavy atom. The normalized spacial score (nSPS) is 12.3. The molecule has 0 aliphatic rings. The minimum atomic E-state index is -0.731. The van der Waals surface area contributed by atoms with Gasteiger partial charge in [-0.2, -0.15) is 5.10 Å². The lowest BCUT2D eigenvalue weighted by Crippen LogP contribution is -2.09. The van der Waals surface area contributed by atoms with E-state index in [1.807, 2.05) is 31.2 Å². The maximum atomic E-state index is 10.5. The summed E-state index contributed by atoms with van der Waals surface area (Å²) in [6.07, 6.45) is 1.74. The van der Waals surface area contributed by atoms with Crippen LogP contribution in [0.5, 0.6) is 0 Å². The molecule has 6 nitrogen and oxygen atoms in total. The molecule has 1 atom stereocenters. The summed E-state index contributed by atoms with van der Waals surface area (Å²) in [5.41, 5.74) is 1.80. The van der Waals surface area contributed by atoms with Gasteiger partial charge in [-0.05, 0) is 12.5 Å². The van der Waals surface area contributed by atoms with Crippen LogP contribution in [0.2, 0.25) is 0 Å². The molecule has 0 aliphatic heterocycles. The molecule has 0 spiro atoms. The lowest BCUT2D eigenvalue weighted by molar-refractivity contribution is -0.385. The third kappa shape index (κ3) is 2.72. The average molecular weight is 247 g/mol. The van der Waals surface area contributed by atoms with Crippen LogP contribution in [0, 0.1) is 17.0 Å². The molecule has 0 saturated heterocycles. The standard InChI is InChI=1S/C12H13N3O3/c1-9-2-4-10(5-3-9)12(16)8-14-7-11(6-13-14)15(17)18/h2-7,12,16H,8H2,1H3. The van der Waals surface area contributed by atoms with Crippen LogP contribution in [-0.4, -0.2) is 19.8 Å². The minimum Gasteiger partial charge on any atom is -0.386 e. The summed E-state index contributed by atoms with van der Waals surface area (Å²) < 4.78 is 1.36. The summed E-state index contributed by atoms with van der Waals surface area (Å²) in [6.45, 7) is 2.16. The fourth-order valence-corrected chi connectivity index (χ4v) is 1.62. The molecule has 0 fully saturated rings. The quantitative estimate of drug-likeness (QED) is 0.660. The van der Waals surface area contributed by atoms with Crippen molar-refractivity contribution in [1.82, 2.24) is 9.78 Å². The van der Waals surface area contributed by atoms with Gasteiger partial charge in [-0.3, -0.25) is 14.8 Å². The van der Waals surface area contributed by atoms with E-state index in [9.17, 15) is 15.2 Å². The zero-order valence-corrected chi connectivity index (χ0v) is 9.85. The fraction of sp³-hybridized carbons (Fsp3) is 0.250. The van der Waals surface area contributed by atoms with Gasteiger partial charge in [0.25, 0.3) is 0 Å². The summed E-state index contributed by atoms with van der Waals surface area (Å²) in [5.74, 6) is 0. The highest BCUT2D eigenvalue weighted by Crippen LogP contribution is 2.17. The van der Waals surface area contributed by atoms with E-state index in [1.54, 1.807) is 0 Å². The molecule has 0 saturated carbocycles. The highest BCUT2D eigenvalue weighted by atomic mass is 16.6. The number of aliphatic hydroxyl groups is 1. The van der Waals surface area contributed by atoms with E-state index in [2.05, 4.69) is 5.10 Å². The van der Waals surface area contributed by atoms with Gasteiger partial charge in [0, 0.05) is 0 Å². The first-order valence-electron chi connectivity index (χ1n) is 5.48. The highest BCUT2D eigenvalue weighted by Gasteiger charge is 2.13. The van der Waals surface area contributed by atoms with Crippen LogP contribution in [0.1, 0.15) is 17.2 Å². The highest BCUT2D eigenvalue weighted by molar-refractivity contribution is 5.24. The number of aryl methyl sites for hydroxylation is 1. The van der Waals surface area contributed by atoms with Gasteiger partial charge >= 0.3 is 5.69 Å². The monoisotopic (exact) mass is 247 g/mol. The van der Waals surface area contributed by atoms with Gasteiger partial charge in [0.1, 0.15) is 12.4 Å². The van der Waals surface area contributed by atoms with E-state index in [4.69, 9.17) is 0 Å². The Balaban J connectivity index is 2.08. The Hall–Kier alpha value is -2.21. The van der Waals surface area contributed by atoms with E-state index in [-0.39, 0.29) is 12.2 Å². The summed E-state index contributed by atoms with van der Waals surface area (Å²) >= 11 is 0. The number of aromatic nitrogens is 2. The Kier molecular flexibility index (Phi) is 3.38. The molecule has 2 rings (SSSR count). The van der Waals surface area contributed by atoms with Crippen molar-refractivity contribution >= 4 is 5.69 Å². The van der Waals surface area contributed by atoms with E-state index in [0.717, 1.165) is 11.1 Å². The largest absolute Gasteiger partial charge is 0.386 e. The molecule has 1 N–H and O–H groups in total. The minimum absolute atomic E-state index is 0.0777. The molecule has 1 aromatic carbocycles. The van der Waals surface area contributed by atoms with Crippen molar-refractivity contribution in [2.45, 2.75) is 19.6 Å². The maximum Gasteiger partial charge on any atom is 0.306 e. The van der Waals surface area contributed by atoms with Crippen molar-refractivity contribution < 1.29 is 10.0 Å². The summed E-state index contributed by atoms with van der Waals surface area (Å²) in [5, 5.41) is 24.3. The molecule has 0 amide bonds. The van der Waals surface area contributed by atoms with Crippen molar-refractivity contribution in [3.63, 3.8) is 0 Å². The SMILES string of the molecule is Cc1ccc(C(O)Cn2cc([N+](=O)[O-])cn2)cc1. The first-order valence-corrected chi connectivity index (χ1v) is 5.48. The molecule has 0 radical (unpaired) electrons. The van der Waals surface area contributed by atoms with Crippen LogP contribution in [-0.2, 0) is 6.54 Å². The molecule has 6 heteroatoms. The van der Waals surface area contributed by atoms with Gasteiger partial charge in [-0.1, -0.05) is 29.8 Å². The predicted octanol–water partition coefficient (Wildman–Crippen LogP) is 1.83. The molecule has 2 aromatic rings. The molecule has 1 aromatic heterocycles. The molecule has 0 bridgehead atoms. The zero-order valence-electron chi connectivity index (χ0n) is 9.85. The van der Waals surface area contributed by atoms with Gasteiger partial charge in [0.15, 0.2) is 0 Å². The summed E-state index contributed by atoms with van der Waals surface area (Å²) in [7, 11) is 0. The molecular weight excluding hydrogens is 234 g/mol. The van der Waals surface area contributed by atoms with Gasteiger partial charge in [0.05, 0.1) is 17.6 Å². The molecule has 1 heterocycles. The predicted molar refractivity (Wildman–Crippen MR) is 65.0 cm³/mol. The molecular formula is C12H13N3O3. The number of rotatable bonds is 4. The van der Waals surface area contributed by atoms with Crippen molar-refractivity contribution in [3.05, 3.63) is 57.9 Å². The number of hydrogen-bond donors (Lipinski definition) is 1. The summed E-state index contributed by atoms with van der Waals surface area (Å²) in [6, 6.07) is 7.48. The number of benzene rings is 1. The number of aliphatic hydroxyl groups excluding tert-OH is 1. The maximum absolute atomic E-state index is 10.5. The van der Waals surface area contributed by atoms with Crippen molar-refractivity contribution in [1.29, 1.82) is 0 Å². The molecule has 0 aliphatic carbocycles. The first-order chi connectivity index (χ1) is 8.56. The van der Waals surface area contributed by atoms with E-state index in [1.165, 1.54) is 17.1 Å². The topological polar surface area (TPSA) is 81.2 Å². The van der Waals surface area contributed by atoms with Gasteiger partial charge in [-0.25, -0.2) is 0 Å². The Labute approximate surface area is 104 Å². The second-order valence-electron chi connectivity index (χ2n) is 4.10. The van der Waals surface area contributed by atoms with Crippen LogP contribution in [0.4, 0.5) is 5.69 Å². The smallest absolute Gasteiger partial charge is 0.306 e. The molecule has 94 valence electrons. The second kappa shape index (κ2) is 4.97. The van der Waals surface area contributed by atoms with Crippen LogP contribution in [0.15, 0.2) is 36.7 Å². The molecule has 18 heavy (non-hydrogen) atoms. The van der Waals surface area contributed by atoms with E-state index >= 15 is 0 Å². The molecule has 1 unspecified atom stereocenters. The summed E-state index contributed by atoms with van der Waals surface area (Å²) in [4.78, 5) is 9.99. The third-order valence-corrected chi connectivity index (χ3v) is 2.65. The van der Waals surface area contributed by atoms with E-state index in [0.29, 0.717) is 0 Å². The van der Waals surface area contributed by atoms with Crippen molar-refractivity contribution in [2.75, 3.05) is 0 Å². The third-order valence-electron chi connectivity index (χ3n) is 2.65. The van der Waals surface area contributed by atoms with Gasteiger partial charge in [-0.15, -0.1) is 0 Å². The number of nitro groups is 1. The van der Waals surface area contributed by atoms with Gasteiger partial charge in [0.2, 0.25) is 0 Å². The van der Waals surface area contributed by atoms with Crippen LogP contribution < -0.4 is 0 Å². The van der Waals surface area contributed by atoms with Crippen molar-refractivity contribution in [3.8, 4) is 0 Å². The number of hydrogen-bond acceptors (Lipinski definition) is 4. The number of nitrogens with zero attached hydrogens (tertiary/aromatic N) is 3. The Morgan fingerprint density at radius 2 is 2.11 bits per heavy atom. The Morgan fingerprint density at radius 1 is 1.44 bits per heavy atom. The van der Waals surface area contributed by atoms with E-state index < -0.39 is 11.0 Å². The van der Waals surface area contributed by atoms with Crippen LogP contribution >= 0.6 is 0 Å². The van der Waals surface area contributed by atoms with Gasteiger partial charge < -0.3 is 5.11 Å². The van der Waals surface area contributed by atoms with Crippen LogP contribution in [0.3, 0.4) is 0 Å². The zero-order chi connectivity index (χ0) is 13.1. The van der Waals surface area contributed by atoms with Crippen LogP contribution in [0.25, 0.3) is 0 Å².